The van der Waals surface area contributed by atoms with Gasteiger partial charge in [-0.3, -0.25) is 10.1 Å². The van der Waals surface area contributed by atoms with Gasteiger partial charge >= 0.3 is 0 Å². The molecule has 0 unspecified atom stereocenters. The highest BCUT2D eigenvalue weighted by Crippen LogP contribution is 2.25. The fourth-order valence-corrected chi connectivity index (χ4v) is 2.75. The Morgan fingerprint density at radius 1 is 1.47 bits per heavy atom. The first kappa shape index (κ1) is 14.1. The van der Waals surface area contributed by atoms with E-state index in [4.69, 9.17) is 0 Å². The molecule has 2 aromatic rings. The second-order valence-electron chi connectivity index (χ2n) is 4.01. The average molecular weight is 342 g/mol. The molecule has 0 radical (unpaired) electrons. The number of rotatable bonds is 5. The van der Waals surface area contributed by atoms with Gasteiger partial charge in [-0.2, -0.15) is 0 Å². The van der Waals surface area contributed by atoms with Crippen LogP contribution in [0.2, 0.25) is 0 Å². The van der Waals surface area contributed by atoms with E-state index in [0.717, 1.165) is 10.6 Å². The van der Waals surface area contributed by atoms with Crippen LogP contribution < -0.4 is 5.32 Å². The van der Waals surface area contributed by atoms with E-state index in [9.17, 15) is 10.1 Å². The minimum Gasteiger partial charge on any atom is -0.306 e. The zero-order valence-electron chi connectivity index (χ0n) is 10.2. The van der Waals surface area contributed by atoms with Gasteiger partial charge in [0.15, 0.2) is 0 Å². The largest absolute Gasteiger partial charge is 0.306 e. The van der Waals surface area contributed by atoms with Crippen LogP contribution in [0.5, 0.6) is 0 Å². The molecule has 0 spiro atoms. The third kappa shape index (κ3) is 3.82. The molecule has 0 aliphatic heterocycles. The van der Waals surface area contributed by atoms with Crippen molar-refractivity contribution in [3.05, 3.63) is 54.4 Å². The quantitative estimate of drug-likeness (QED) is 0.668. The third-order valence-corrected chi connectivity index (χ3v) is 4.07. The van der Waals surface area contributed by atoms with Gasteiger partial charge in [0.25, 0.3) is 5.69 Å². The summed E-state index contributed by atoms with van der Waals surface area (Å²) in [5, 5.41) is 15.1. The average Bonchev–Trinajstić information content (AvgIpc) is 2.77. The Labute approximate surface area is 123 Å². The van der Waals surface area contributed by atoms with Crippen molar-refractivity contribution < 1.29 is 4.92 Å². The molecule has 1 aromatic carbocycles. The topological polar surface area (TPSA) is 68.1 Å². The van der Waals surface area contributed by atoms with Gasteiger partial charge in [-0.1, -0.05) is 6.07 Å². The Morgan fingerprint density at radius 3 is 2.89 bits per heavy atom. The number of aromatic nitrogens is 1. The summed E-state index contributed by atoms with van der Waals surface area (Å²) in [6.45, 7) is 3.26. The molecule has 1 heterocycles. The molecule has 100 valence electrons. The monoisotopic (exact) mass is 341 g/mol. The number of nitrogens with one attached hydrogen (secondary N) is 1. The van der Waals surface area contributed by atoms with Crippen LogP contribution in [0, 0.1) is 17.0 Å². The smallest absolute Gasteiger partial charge is 0.283 e. The van der Waals surface area contributed by atoms with Crippen molar-refractivity contribution in [3.8, 4) is 0 Å². The van der Waals surface area contributed by atoms with Gasteiger partial charge in [0, 0.05) is 30.2 Å². The van der Waals surface area contributed by atoms with Crippen molar-refractivity contribution >= 4 is 33.0 Å². The molecule has 0 aliphatic carbocycles. The molecule has 0 bridgehead atoms. The molecule has 0 saturated carbocycles. The summed E-state index contributed by atoms with van der Waals surface area (Å²) in [6.07, 6.45) is 1.84. The maximum absolute atomic E-state index is 10.8. The Bertz CT molecular complexity index is 600. The summed E-state index contributed by atoms with van der Waals surface area (Å²) < 4.78 is 0.497. The number of benzene rings is 1. The van der Waals surface area contributed by atoms with Gasteiger partial charge < -0.3 is 5.32 Å². The molecule has 7 heteroatoms. The first-order chi connectivity index (χ1) is 9.06. The van der Waals surface area contributed by atoms with E-state index in [0.29, 0.717) is 17.6 Å². The molecule has 0 saturated heterocycles. The first-order valence-electron chi connectivity index (χ1n) is 5.61. The van der Waals surface area contributed by atoms with Crippen LogP contribution in [-0.4, -0.2) is 9.91 Å². The zero-order valence-corrected chi connectivity index (χ0v) is 12.6. The predicted octanol–water partition coefficient (Wildman–Crippen LogP) is 3.41. The second-order valence-corrected chi connectivity index (χ2v) is 6.18. The Balaban J connectivity index is 1.96. The zero-order chi connectivity index (χ0) is 13.8. The number of thiazole rings is 1. The number of nitro benzene ring substituents is 1. The van der Waals surface area contributed by atoms with Crippen molar-refractivity contribution in [2.45, 2.75) is 20.0 Å². The predicted molar refractivity (Wildman–Crippen MR) is 78.2 cm³/mol. The highest BCUT2D eigenvalue weighted by Gasteiger charge is 2.12. The summed E-state index contributed by atoms with van der Waals surface area (Å²) in [5.41, 5.74) is 0.965. The van der Waals surface area contributed by atoms with Gasteiger partial charge in [0.2, 0.25) is 0 Å². The lowest BCUT2D eigenvalue weighted by Gasteiger charge is -2.04. The summed E-state index contributed by atoms with van der Waals surface area (Å²) in [4.78, 5) is 15.9. The van der Waals surface area contributed by atoms with E-state index in [1.165, 1.54) is 4.88 Å². The van der Waals surface area contributed by atoms with Gasteiger partial charge in [-0.05, 0) is 34.5 Å². The number of nitro groups is 1. The molecule has 0 atom stereocenters. The normalized spacial score (nSPS) is 10.6. The molecule has 2 rings (SSSR count). The second kappa shape index (κ2) is 6.23. The van der Waals surface area contributed by atoms with Crippen LogP contribution in [0.1, 0.15) is 15.4 Å². The molecule has 1 N–H and O–H groups in total. The number of aryl methyl sites for hydroxylation is 1. The van der Waals surface area contributed by atoms with E-state index >= 15 is 0 Å². The molecule has 1 aromatic heterocycles. The van der Waals surface area contributed by atoms with E-state index in [1.807, 2.05) is 19.2 Å². The molecule has 0 aliphatic rings. The highest BCUT2D eigenvalue weighted by molar-refractivity contribution is 9.10. The number of nitrogens with zero attached hydrogens (tertiary/aromatic N) is 2. The summed E-state index contributed by atoms with van der Waals surface area (Å²) in [6, 6.07) is 5.13. The van der Waals surface area contributed by atoms with Crippen molar-refractivity contribution in [2.24, 2.45) is 0 Å². The Morgan fingerprint density at radius 2 is 2.26 bits per heavy atom. The van der Waals surface area contributed by atoms with Crippen LogP contribution in [-0.2, 0) is 13.1 Å². The first-order valence-corrected chi connectivity index (χ1v) is 7.22. The van der Waals surface area contributed by atoms with Crippen molar-refractivity contribution in [1.82, 2.24) is 10.3 Å². The summed E-state index contributed by atoms with van der Waals surface area (Å²) in [7, 11) is 0. The summed E-state index contributed by atoms with van der Waals surface area (Å²) in [5.74, 6) is 0. The fourth-order valence-electron chi connectivity index (χ4n) is 1.61. The minimum absolute atomic E-state index is 0.0874. The number of hydrogen-bond acceptors (Lipinski definition) is 5. The Hall–Kier alpha value is -1.31. The SMILES string of the molecule is Cc1cnc(CNCc2ccc(Br)c([N+](=O)[O-])c2)s1. The van der Waals surface area contributed by atoms with Crippen LogP contribution in [0.15, 0.2) is 28.9 Å². The standard InChI is InChI=1S/C12H12BrN3O2S/c1-8-5-15-12(19-8)7-14-6-9-2-3-10(13)11(4-9)16(17)18/h2-5,14H,6-7H2,1H3. The van der Waals surface area contributed by atoms with E-state index in [-0.39, 0.29) is 5.69 Å². The Kier molecular flexibility index (Phi) is 4.62. The lowest BCUT2D eigenvalue weighted by Crippen LogP contribution is -2.12. The summed E-state index contributed by atoms with van der Waals surface area (Å²) >= 11 is 4.81. The number of halogens is 1. The van der Waals surface area contributed by atoms with Gasteiger partial charge in [0.05, 0.1) is 9.40 Å². The molecule has 0 amide bonds. The lowest BCUT2D eigenvalue weighted by atomic mass is 10.2. The van der Waals surface area contributed by atoms with Gasteiger partial charge in [0.1, 0.15) is 5.01 Å². The maximum atomic E-state index is 10.8. The molecule has 0 fully saturated rings. The van der Waals surface area contributed by atoms with Gasteiger partial charge in [-0.25, -0.2) is 4.98 Å². The lowest BCUT2D eigenvalue weighted by molar-refractivity contribution is -0.385. The maximum Gasteiger partial charge on any atom is 0.283 e. The van der Waals surface area contributed by atoms with Crippen molar-refractivity contribution in [3.63, 3.8) is 0 Å². The van der Waals surface area contributed by atoms with E-state index < -0.39 is 4.92 Å². The molecular formula is C12H12BrN3O2S. The van der Waals surface area contributed by atoms with E-state index in [1.54, 1.807) is 23.5 Å². The van der Waals surface area contributed by atoms with E-state index in [2.05, 4.69) is 26.2 Å². The molecular weight excluding hydrogens is 330 g/mol. The molecule has 19 heavy (non-hydrogen) atoms. The number of hydrogen-bond donors (Lipinski definition) is 1. The van der Waals surface area contributed by atoms with Crippen LogP contribution in [0.4, 0.5) is 5.69 Å². The third-order valence-electron chi connectivity index (χ3n) is 2.48. The minimum atomic E-state index is -0.391. The van der Waals surface area contributed by atoms with Crippen LogP contribution >= 0.6 is 27.3 Å². The van der Waals surface area contributed by atoms with Crippen molar-refractivity contribution in [1.29, 1.82) is 0 Å². The highest BCUT2D eigenvalue weighted by atomic mass is 79.9. The van der Waals surface area contributed by atoms with Crippen molar-refractivity contribution in [2.75, 3.05) is 0 Å². The fraction of sp³-hybridized carbons (Fsp3) is 0.250. The van der Waals surface area contributed by atoms with Gasteiger partial charge in [-0.15, -0.1) is 11.3 Å². The molecule has 5 nitrogen and oxygen atoms in total. The van der Waals surface area contributed by atoms with Crippen LogP contribution in [0.25, 0.3) is 0 Å². The van der Waals surface area contributed by atoms with Crippen LogP contribution in [0.3, 0.4) is 0 Å².